The molecule has 11 heteroatoms. The molecule has 2 aliphatic heterocycles. The Morgan fingerprint density at radius 3 is 2.17 bits per heavy atom. The third-order valence-electron chi connectivity index (χ3n) is 6.02. The van der Waals surface area contributed by atoms with Crippen LogP contribution in [0.3, 0.4) is 0 Å². The smallest absolute Gasteiger partial charge is 0.286 e. The molecule has 0 spiro atoms. The highest BCUT2D eigenvalue weighted by Gasteiger charge is 2.47. The van der Waals surface area contributed by atoms with Crippen LogP contribution in [-0.2, 0) is 22.2 Å². The Kier molecular flexibility index (Phi) is 6.27. The molecule has 2 atom stereocenters. The summed E-state index contributed by atoms with van der Waals surface area (Å²) in [6.45, 7) is 3.57. The molecule has 1 saturated heterocycles. The summed E-state index contributed by atoms with van der Waals surface area (Å²) in [5.41, 5.74) is -0.694. The molecule has 188 valence electrons. The molecule has 1 fully saturated rings. The molecule has 2 unspecified atom stereocenters. The van der Waals surface area contributed by atoms with Gasteiger partial charge in [0.05, 0.1) is 34.4 Å². The number of rotatable bonds is 3. The Bertz CT molecular complexity index is 1300. The van der Waals surface area contributed by atoms with E-state index in [1.54, 1.807) is 18.9 Å². The van der Waals surface area contributed by atoms with Crippen molar-refractivity contribution in [1.29, 1.82) is 0 Å². The number of hydrogen-bond donors (Lipinski definition) is 0. The summed E-state index contributed by atoms with van der Waals surface area (Å²) in [5, 5.41) is 6.17. The first-order chi connectivity index (χ1) is 16.2. The van der Waals surface area contributed by atoms with E-state index in [4.69, 9.17) is 0 Å². The number of fused-ring (bicyclic) bond motifs is 1. The van der Waals surface area contributed by atoms with E-state index in [9.17, 15) is 34.8 Å². The van der Waals surface area contributed by atoms with Gasteiger partial charge in [-0.25, -0.2) is 8.42 Å². The first-order valence-corrected chi connectivity index (χ1v) is 12.6. The van der Waals surface area contributed by atoms with Crippen molar-refractivity contribution in [2.24, 2.45) is 11.0 Å². The van der Waals surface area contributed by atoms with E-state index < -0.39 is 51.0 Å². The second-order valence-corrected chi connectivity index (χ2v) is 11.1. The van der Waals surface area contributed by atoms with E-state index in [0.29, 0.717) is 5.71 Å². The van der Waals surface area contributed by atoms with Gasteiger partial charge in [-0.3, -0.25) is 5.01 Å². The van der Waals surface area contributed by atoms with Crippen molar-refractivity contribution in [1.82, 2.24) is 5.01 Å². The van der Waals surface area contributed by atoms with Crippen LogP contribution in [0.15, 0.2) is 59.2 Å². The maximum absolute atomic E-state index is 13.4. The average molecular weight is 517 g/mol. The fraction of sp³-hybridized carbons (Fsp3) is 0.375. The second-order valence-electron chi connectivity index (χ2n) is 8.98. The number of alkyl halides is 6. The van der Waals surface area contributed by atoms with Crippen LogP contribution in [0.2, 0.25) is 0 Å². The van der Waals surface area contributed by atoms with Crippen molar-refractivity contribution in [3.63, 3.8) is 0 Å². The van der Waals surface area contributed by atoms with Crippen LogP contribution in [0.1, 0.15) is 42.1 Å². The molecule has 2 aromatic rings. The van der Waals surface area contributed by atoms with Gasteiger partial charge in [0.15, 0.2) is 9.84 Å². The van der Waals surface area contributed by atoms with Crippen molar-refractivity contribution in [3.05, 3.63) is 76.4 Å². The Hall–Kier alpha value is -2.82. The van der Waals surface area contributed by atoms with Crippen molar-refractivity contribution in [2.75, 3.05) is 11.5 Å². The number of nitrogens with zero attached hydrogens (tertiary/aromatic N) is 2. The van der Waals surface area contributed by atoms with Crippen molar-refractivity contribution >= 4 is 21.6 Å². The highest BCUT2D eigenvalue weighted by Crippen LogP contribution is 2.44. The quantitative estimate of drug-likeness (QED) is 0.472. The summed E-state index contributed by atoms with van der Waals surface area (Å²) in [4.78, 5) is 0. The Labute approximate surface area is 198 Å². The first kappa shape index (κ1) is 25.3. The lowest BCUT2D eigenvalue weighted by Crippen LogP contribution is -2.38. The summed E-state index contributed by atoms with van der Waals surface area (Å²) >= 11 is 0. The molecule has 0 radical (unpaired) electrons. The predicted molar refractivity (Wildman–Crippen MR) is 120 cm³/mol. The van der Waals surface area contributed by atoms with Crippen LogP contribution >= 0.6 is 0 Å². The van der Waals surface area contributed by atoms with Gasteiger partial charge in [0.1, 0.15) is 0 Å². The molecule has 0 bridgehead atoms. The molecule has 2 aliphatic rings. The Morgan fingerprint density at radius 2 is 1.57 bits per heavy atom. The lowest BCUT2D eigenvalue weighted by atomic mass is 9.86. The third kappa shape index (κ3) is 5.24. The summed E-state index contributed by atoms with van der Waals surface area (Å²) < 4.78 is 105. The zero-order valence-corrected chi connectivity index (χ0v) is 19.5. The van der Waals surface area contributed by atoms with Gasteiger partial charge >= 0.3 is 12.4 Å². The lowest BCUT2D eigenvalue weighted by molar-refractivity contribution is -0.138. The monoisotopic (exact) mass is 516 g/mol. The Morgan fingerprint density at radius 1 is 0.971 bits per heavy atom. The van der Waals surface area contributed by atoms with E-state index >= 15 is 0 Å². The van der Waals surface area contributed by atoms with Gasteiger partial charge in [0.25, 0.3) is 0 Å². The molecule has 0 aliphatic carbocycles. The SMILES string of the molecule is CC(C)N1N=C2/C(=C/c3cccc(C(F)(F)F)c3)CS(=O)(=O)CC2C1c1cccc(C(F)(F)F)c1. The zero-order valence-electron chi connectivity index (χ0n) is 18.7. The van der Waals surface area contributed by atoms with E-state index in [2.05, 4.69) is 5.10 Å². The summed E-state index contributed by atoms with van der Waals surface area (Å²) in [7, 11) is -3.69. The zero-order chi connectivity index (χ0) is 25.8. The summed E-state index contributed by atoms with van der Waals surface area (Å²) in [6.07, 6.45) is -7.78. The van der Waals surface area contributed by atoms with Crippen LogP contribution in [-0.4, -0.2) is 36.7 Å². The molecule has 0 N–H and O–H groups in total. The molecule has 35 heavy (non-hydrogen) atoms. The van der Waals surface area contributed by atoms with Crippen LogP contribution in [0, 0.1) is 5.92 Å². The van der Waals surface area contributed by atoms with Gasteiger partial charge in [-0.2, -0.15) is 31.4 Å². The van der Waals surface area contributed by atoms with Gasteiger partial charge in [0.2, 0.25) is 0 Å². The van der Waals surface area contributed by atoms with Crippen LogP contribution < -0.4 is 0 Å². The van der Waals surface area contributed by atoms with Crippen molar-refractivity contribution in [2.45, 2.75) is 38.3 Å². The molecule has 0 saturated carbocycles. The topological polar surface area (TPSA) is 49.7 Å². The molecule has 0 amide bonds. The molecular formula is C24H22F6N2O2S. The third-order valence-corrected chi connectivity index (χ3v) is 7.64. The van der Waals surface area contributed by atoms with Gasteiger partial charge in [-0.1, -0.05) is 24.3 Å². The summed E-state index contributed by atoms with van der Waals surface area (Å²) in [6, 6.07) is 8.16. The van der Waals surface area contributed by atoms with E-state index in [-0.39, 0.29) is 28.5 Å². The second kappa shape index (κ2) is 8.69. The first-order valence-electron chi connectivity index (χ1n) is 10.8. The molecule has 0 aromatic heterocycles. The molecule has 4 nitrogen and oxygen atoms in total. The molecule has 4 rings (SSSR count). The van der Waals surface area contributed by atoms with Crippen molar-refractivity contribution < 1.29 is 34.8 Å². The number of benzene rings is 2. The average Bonchev–Trinajstić information content (AvgIpc) is 3.11. The lowest BCUT2D eigenvalue weighted by Gasteiger charge is -2.32. The maximum atomic E-state index is 13.4. The fourth-order valence-corrected chi connectivity index (χ4v) is 6.26. The fourth-order valence-electron chi connectivity index (χ4n) is 4.55. The van der Waals surface area contributed by atoms with Crippen molar-refractivity contribution in [3.8, 4) is 0 Å². The maximum Gasteiger partial charge on any atom is 0.416 e. The van der Waals surface area contributed by atoms with Gasteiger partial charge in [-0.05, 0) is 60.9 Å². The van der Waals surface area contributed by atoms with Crippen LogP contribution in [0.25, 0.3) is 6.08 Å². The van der Waals surface area contributed by atoms with Gasteiger partial charge < -0.3 is 0 Å². The standard InChI is InChI=1S/C24H22F6N2O2S/c1-14(2)32-22(16-6-4-8-19(11-16)24(28,29)30)20-13-35(33,34)12-17(21(20)31-32)9-15-5-3-7-18(10-15)23(25,26)27/h3-11,14,20,22H,12-13H2,1-2H3/b17-9+. The Balaban J connectivity index is 1.81. The minimum Gasteiger partial charge on any atom is -0.286 e. The predicted octanol–water partition coefficient (Wildman–Crippen LogP) is 5.97. The van der Waals surface area contributed by atoms with Gasteiger partial charge in [-0.15, -0.1) is 0 Å². The minimum absolute atomic E-state index is 0.159. The van der Waals surface area contributed by atoms with Crippen LogP contribution in [0.5, 0.6) is 0 Å². The molecule has 2 heterocycles. The summed E-state index contributed by atoms with van der Waals surface area (Å²) in [5.74, 6) is -1.51. The highest BCUT2D eigenvalue weighted by molar-refractivity contribution is 7.91. The highest BCUT2D eigenvalue weighted by atomic mass is 32.2. The number of sulfone groups is 1. The minimum atomic E-state index is -4.58. The molecular weight excluding hydrogens is 494 g/mol. The number of halogens is 6. The van der Waals surface area contributed by atoms with E-state index in [1.165, 1.54) is 30.3 Å². The van der Waals surface area contributed by atoms with Gasteiger partial charge in [0, 0.05) is 12.0 Å². The number of hydrazone groups is 1. The van der Waals surface area contributed by atoms with E-state index in [0.717, 1.165) is 24.3 Å². The molecule has 2 aromatic carbocycles. The van der Waals surface area contributed by atoms with Crippen LogP contribution in [0.4, 0.5) is 26.3 Å². The van der Waals surface area contributed by atoms with E-state index in [1.807, 2.05) is 0 Å². The normalized spacial score (nSPS) is 23.5. The largest absolute Gasteiger partial charge is 0.416 e. The number of hydrogen-bond acceptors (Lipinski definition) is 4.